The summed E-state index contributed by atoms with van der Waals surface area (Å²) in [7, 11) is 7.40. The van der Waals surface area contributed by atoms with Crippen molar-refractivity contribution in [1.82, 2.24) is 0 Å². The van der Waals surface area contributed by atoms with Gasteiger partial charge in [-0.25, -0.2) is 0 Å². The molecule has 1 saturated carbocycles. The molecule has 5 nitrogen and oxygen atoms in total. The van der Waals surface area contributed by atoms with Gasteiger partial charge in [-0.05, 0) is 49.1 Å². The second kappa shape index (κ2) is 7.47. The molecule has 0 bridgehead atoms. The maximum Gasteiger partial charge on any atom is 0.161 e. The number of aliphatic imine (C=N–C) groups is 1. The zero-order chi connectivity index (χ0) is 19.8. The molecule has 0 spiro atoms. The van der Waals surface area contributed by atoms with Crippen molar-refractivity contribution in [2.24, 2.45) is 4.99 Å². The van der Waals surface area contributed by atoms with Crippen molar-refractivity contribution in [3.63, 3.8) is 0 Å². The summed E-state index contributed by atoms with van der Waals surface area (Å²) in [5.41, 5.74) is 5.53. The number of benzene rings is 2. The van der Waals surface area contributed by atoms with Gasteiger partial charge in [0, 0.05) is 36.8 Å². The molecule has 0 amide bonds. The van der Waals surface area contributed by atoms with Gasteiger partial charge in [-0.15, -0.1) is 0 Å². The lowest BCUT2D eigenvalue weighted by Crippen LogP contribution is -2.34. The fourth-order valence-corrected chi connectivity index (χ4v) is 4.41. The van der Waals surface area contributed by atoms with Gasteiger partial charge in [-0.2, -0.15) is 0 Å². The van der Waals surface area contributed by atoms with E-state index >= 15 is 0 Å². The number of methoxy groups -OCH3 is 2. The van der Waals surface area contributed by atoms with Crippen LogP contribution in [0.15, 0.2) is 41.4 Å². The molecule has 3 atom stereocenters. The van der Waals surface area contributed by atoms with Crippen molar-refractivity contribution < 1.29 is 14.6 Å². The number of aliphatic hydroxyl groups is 1. The molecule has 2 aromatic carbocycles. The van der Waals surface area contributed by atoms with Crippen LogP contribution in [0.5, 0.6) is 11.5 Å². The zero-order valence-corrected chi connectivity index (χ0v) is 17.0. The zero-order valence-electron chi connectivity index (χ0n) is 17.0. The average molecular weight is 380 g/mol. The Balaban J connectivity index is 1.85. The number of nitrogens with zero attached hydrogens (tertiary/aromatic N) is 2. The largest absolute Gasteiger partial charge is 0.493 e. The maximum atomic E-state index is 10.3. The van der Waals surface area contributed by atoms with Crippen LogP contribution in [0.1, 0.15) is 41.9 Å². The molecule has 4 rings (SSSR count). The molecule has 0 saturated heterocycles. The molecule has 1 aliphatic carbocycles. The van der Waals surface area contributed by atoms with Crippen LogP contribution < -0.4 is 14.4 Å². The minimum Gasteiger partial charge on any atom is -0.493 e. The molecular weight excluding hydrogens is 352 g/mol. The van der Waals surface area contributed by atoms with Gasteiger partial charge in [0.1, 0.15) is 0 Å². The third kappa shape index (κ3) is 3.24. The number of fused-ring (bicyclic) bond motifs is 3. The minimum absolute atomic E-state index is 0.192. The number of ether oxygens (including phenoxy) is 2. The first-order valence-corrected chi connectivity index (χ1v) is 9.81. The highest BCUT2D eigenvalue weighted by molar-refractivity contribution is 6.15. The van der Waals surface area contributed by atoms with Crippen LogP contribution in [-0.4, -0.2) is 51.3 Å². The molecule has 5 heteroatoms. The van der Waals surface area contributed by atoms with Crippen molar-refractivity contribution in [2.45, 2.75) is 37.3 Å². The van der Waals surface area contributed by atoms with Crippen LogP contribution >= 0.6 is 0 Å². The third-order valence-corrected chi connectivity index (χ3v) is 5.95. The normalized spacial score (nSPS) is 23.3. The molecule has 0 radical (unpaired) electrons. The van der Waals surface area contributed by atoms with E-state index in [-0.39, 0.29) is 18.1 Å². The van der Waals surface area contributed by atoms with Crippen LogP contribution in [0.4, 0.5) is 5.69 Å². The lowest BCUT2D eigenvalue weighted by atomic mass is 9.74. The molecule has 2 aliphatic rings. The molecule has 1 fully saturated rings. The number of hydrogen-bond acceptors (Lipinski definition) is 5. The van der Waals surface area contributed by atoms with Crippen molar-refractivity contribution >= 4 is 11.4 Å². The molecule has 2 aromatic rings. The van der Waals surface area contributed by atoms with Crippen LogP contribution in [-0.2, 0) is 0 Å². The average Bonchev–Trinajstić information content (AvgIpc) is 2.72. The molecular formula is C23H28N2O3. The minimum atomic E-state index is -0.265. The van der Waals surface area contributed by atoms with Crippen LogP contribution in [0, 0.1) is 0 Å². The Kier molecular flexibility index (Phi) is 5.02. The summed E-state index contributed by atoms with van der Waals surface area (Å²) < 4.78 is 11.1. The van der Waals surface area contributed by atoms with Crippen LogP contribution in [0.25, 0.3) is 0 Å². The Labute approximate surface area is 166 Å². The molecule has 1 heterocycles. The molecule has 1 aliphatic heterocycles. The number of anilines is 1. The number of rotatable bonds is 4. The molecule has 1 N–H and O–H groups in total. The highest BCUT2D eigenvalue weighted by Gasteiger charge is 2.37. The van der Waals surface area contributed by atoms with Gasteiger partial charge >= 0.3 is 0 Å². The van der Waals surface area contributed by atoms with E-state index in [1.165, 1.54) is 5.56 Å². The van der Waals surface area contributed by atoms with Crippen molar-refractivity contribution in [2.75, 3.05) is 33.2 Å². The second-order valence-electron chi connectivity index (χ2n) is 7.85. The van der Waals surface area contributed by atoms with E-state index < -0.39 is 0 Å². The van der Waals surface area contributed by atoms with E-state index in [2.05, 4.69) is 35.2 Å². The highest BCUT2D eigenvalue weighted by Crippen LogP contribution is 2.44. The fourth-order valence-electron chi connectivity index (χ4n) is 4.41. The lowest BCUT2D eigenvalue weighted by Gasteiger charge is -2.37. The Morgan fingerprint density at radius 1 is 1.00 bits per heavy atom. The standard InChI is InChI=1S/C23H28N2O3/c1-25(2)15-7-5-14(6-8-15)23-19-13-22(28-4)21(27-3)12-17(19)18-11-16(26)9-10-20(18)24-23/h5-8,12-13,16,18,20,26H,9-11H2,1-4H3. The Hall–Kier alpha value is -2.53. The monoisotopic (exact) mass is 380 g/mol. The first kappa shape index (κ1) is 18.8. The summed E-state index contributed by atoms with van der Waals surface area (Å²) in [6, 6.07) is 12.8. The quantitative estimate of drug-likeness (QED) is 0.880. The second-order valence-corrected chi connectivity index (χ2v) is 7.85. The van der Waals surface area contributed by atoms with E-state index in [0.29, 0.717) is 5.75 Å². The van der Waals surface area contributed by atoms with E-state index in [0.717, 1.165) is 47.5 Å². The highest BCUT2D eigenvalue weighted by atomic mass is 16.5. The van der Waals surface area contributed by atoms with Crippen molar-refractivity contribution in [3.8, 4) is 11.5 Å². The van der Waals surface area contributed by atoms with Gasteiger partial charge in [0.25, 0.3) is 0 Å². The predicted molar refractivity (Wildman–Crippen MR) is 112 cm³/mol. The predicted octanol–water partition coefficient (Wildman–Crippen LogP) is 3.62. The summed E-state index contributed by atoms with van der Waals surface area (Å²) in [5.74, 6) is 1.64. The molecule has 0 aromatic heterocycles. The summed E-state index contributed by atoms with van der Waals surface area (Å²) >= 11 is 0. The first-order chi connectivity index (χ1) is 13.5. The Morgan fingerprint density at radius 2 is 1.68 bits per heavy atom. The van der Waals surface area contributed by atoms with Gasteiger partial charge in [0.05, 0.1) is 32.1 Å². The summed E-state index contributed by atoms with van der Waals surface area (Å²) in [5, 5.41) is 10.3. The van der Waals surface area contributed by atoms with Gasteiger partial charge < -0.3 is 19.5 Å². The van der Waals surface area contributed by atoms with Gasteiger partial charge in [0.2, 0.25) is 0 Å². The molecule has 28 heavy (non-hydrogen) atoms. The SMILES string of the molecule is COc1cc2c(cc1OC)C1CC(O)CCC1N=C2c1ccc(N(C)C)cc1. The van der Waals surface area contributed by atoms with Gasteiger partial charge in [0.15, 0.2) is 11.5 Å². The van der Waals surface area contributed by atoms with E-state index in [9.17, 15) is 5.11 Å². The van der Waals surface area contributed by atoms with Crippen molar-refractivity contribution in [1.29, 1.82) is 0 Å². The molecule has 148 valence electrons. The first-order valence-electron chi connectivity index (χ1n) is 9.81. The Morgan fingerprint density at radius 3 is 2.32 bits per heavy atom. The van der Waals surface area contributed by atoms with Gasteiger partial charge in [-0.3, -0.25) is 4.99 Å². The smallest absolute Gasteiger partial charge is 0.161 e. The van der Waals surface area contributed by atoms with E-state index in [4.69, 9.17) is 14.5 Å². The summed E-state index contributed by atoms with van der Waals surface area (Å²) in [6.45, 7) is 0. The summed E-state index contributed by atoms with van der Waals surface area (Å²) in [4.78, 5) is 7.24. The topological polar surface area (TPSA) is 54.3 Å². The summed E-state index contributed by atoms with van der Waals surface area (Å²) in [6.07, 6.45) is 2.18. The number of hydrogen-bond donors (Lipinski definition) is 1. The fraction of sp³-hybridized carbons (Fsp3) is 0.435. The van der Waals surface area contributed by atoms with E-state index in [1.807, 2.05) is 20.2 Å². The maximum absolute atomic E-state index is 10.3. The van der Waals surface area contributed by atoms with Gasteiger partial charge in [-0.1, -0.05) is 12.1 Å². The van der Waals surface area contributed by atoms with Crippen LogP contribution in [0.2, 0.25) is 0 Å². The number of aliphatic hydroxyl groups excluding tert-OH is 1. The lowest BCUT2D eigenvalue weighted by molar-refractivity contribution is 0.111. The van der Waals surface area contributed by atoms with Crippen LogP contribution in [0.3, 0.4) is 0 Å². The molecule has 3 unspecified atom stereocenters. The third-order valence-electron chi connectivity index (χ3n) is 5.95. The Bertz CT molecular complexity index is 889. The van der Waals surface area contributed by atoms with Crippen molar-refractivity contribution in [3.05, 3.63) is 53.1 Å². The van der Waals surface area contributed by atoms with E-state index in [1.54, 1.807) is 14.2 Å².